The van der Waals surface area contributed by atoms with Crippen molar-refractivity contribution in [2.24, 2.45) is 0 Å². The van der Waals surface area contributed by atoms with Crippen LogP contribution in [0, 0.1) is 0 Å². The number of halogens is 1. The van der Waals surface area contributed by atoms with E-state index in [1.54, 1.807) is 0 Å². The highest BCUT2D eigenvalue weighted by molar-refractivity contribution is 9.10. The minimum Gasteiger partial charge on any atom is -0.329 e. The molecule has 0 amide bonds. The molecule has 0 aliphatic carbocycles. The molecule has 0 atom stereocenters. The summed E-state index contributed by atoms with van der Waals surface area (Å²) in [5, 5.41) is 3.42. The Morgan fingerprint density at radius 1 is 1.33 bits per heavy atom. The van der Waals surface area contributed by atoms with Crippen LogP contribution in [0.3, 0.4) is 0 Å². The lowest BCUT2D eigenvalue weighted by Crippen LogP contribution is -2.26. The van der Waals surface area contributed by atoms with E-state index in [1.165, 1.54) is 5.56 Å². The average Bonchev–Trinajstić information content (AvgIpc) is 2.77. The number of rotatable bonds is 5. The maximum atomic E-state index is 4.25. The van der Waals surface area contributed by atoms with Crippen molar-refractivity contribution in [2.45, 2.75) is 26.4 Å². The predicted molar refractivity (Wildman–Crippen MR) is 78.5 cm³/mol. The monoisotopic (exact) mass is 307 g/mol. The van der Waals surface area contributed by atoms with E-state index in [4.69, 9.17) is 0 Å². The molecule has 0 aliphatic rings. The van der Waals surface area contributed by atoms with E-state index in [9.17, 15) is 0 Å². The number of hydrogen-bond acceptors (Lipinski definition) is 2. The Balaban J connectivity index is 2.15. The molecule has 2 rings (SSSR count). The van der Waals surface area contributed by atoms with Gasteiger partial charge in [0.1, 0.15) is 0 Å². The lowest BCUT2D eigenvalue weighted by Gasteiger charge is -2.12. The minimum atomic E-state index is 0.514. The molecule has 18 heavy (non-hydrogen) atoms. The van der Waals surface area contributed by atoms with Crippen LogP contribution in [0.25, 0.3) is 11.3 Å². The average molecular weight is 308 g/mol. The summed E-state index contributed by atoms with van der Waals surface area (Å²) in [5.41, 5.74) is 2.33. The van der Waals surface area contributed by atoms with Gasteiger partial charge in [0.05, 0.1) is 18.2 Å². The SMILES string of the molecule is CC(C)NCCn1cncc1-c1ccccc1Br. The summed E-state index contributed by atoms with van der Waals surface area (Å²) in [7, 11) is 0. The largest absolute Gasteiger partial charge is 0.329 e. The quantitative estimate of drug-likeness (QED) is 0.918. The molecule has 0 spiro atoms. The second-order valence-electron chi connectivity index (χ2n) is 4.56. The lowest BCUT2D eigenvalue weighted by molar-refractivity contribution is 0.543. The zero-order chi connectivity index (χ0) is 13.0. The van der Waals surface area contributed by atoms with E-state index in [0.29, 0.717) is 6.04 Å². The lowest BCUT2D eigenvalue weighted by atomic mass is 10.2. The van der Waals surface area contributed by atoms with Crippen LogP contribution in [-0.4, -0.2) is 22.1 Å². The van der Waals surface area contributed by atoms with E-state index in [-0.39, 0.29) is 0 Å². The number of benzene rings is 1. The molecule has 0 bridgehead atoms. The minimum absolute atomic E-state index is 0.514. The van der Waals surface area contributed by atoms with Gasteiger partial charge in [-0.05, 0) is 6.07 Å². The molecule has 0 saturated heterocycles. The maximum Gasteiger partial charge on any atom is 0.0951 e. The third-order valence-electron chi connectivity index (χ3n) is 2.77. The van der Waals surface area contributed by atoms with E-state index in [2.05, 4.69) is 56.8 Å². The fraction of sp³-hybridized carbons (Fsp3) is 0.357. The summed E-state index contributed by atoms with van der Waals surface area (Å²) in [6.07, 6.45) is 3.80. The summed E-state index contributed by atoms with van der Waals surface area (Å²) in [5.74, 6) is 0. The van der Waals surface area contributed by atoms with Crippen molar-refractivity contribution in [3.8, 4) is 11.3 Å². The summed E-state index contributed by atoms with van der Waals surface area (Å²) >= 11 is 3.59. The Bertz CT molecular complexity index is 505. The van der Waals surface area contributed by atoms with Gasteiger partial charge in [-0.15, -0.1) is 0 Å². The van der Waals surface area contributed by atoms with Crippen LogP contribution >= 0.6 is 15.9 Å². The maximum absolute atomic E-state index is 4.25. The smallest absolute Gasteiger partial charge is 0.0951 e. The van der Waals surface area contributed by atoms with Crippen LogP contribution in [0.15, 0.2) is 41.3 Å². The summed E-state index contributed by atoms with van der Waals surface area (Å²) < 4.78 is 3.28. The predicted octanol–water partition coefficient (Wildman–Crippen LogP) is 3.31. The number of aromatic nitrogens is 2. The number of imidazole rings is 1. The Kier molecular flexibility index (Phi) is 4.55. The van der Waals surface area contributed by atoms with E-state index in [0.717, 1.165) is 23.3 Å². The first-order valence-electron chi connectivity index (χ1n) is 6.17. The van der Waals surface area contributed by atoms with Crippen molar-refractivity contribution in [2.75, 3.05) is 6.54 Å². The summed E-state index contributed by atoms with van der Waals surface area (Å²) in [6, 6.07) is 8.74. The van der Waals surface area contributed by atoms with Gasteiger partial charge in [0, 0.05) is 29.2 Å². The summed E-state index contributed by atoms with van der Waals surface area (Å²) in [4.78, 5) is 4.25. The third kappa shape index (κ3) is 3.21. The van der Waals surface area contributed by atoms with Gasteiger partial charge < -0.3 is 9.88 Å². The van der Waals surface area contributed by atoms with Gasteiger partial charge >= 0.3 is 0 Å². The molecule has 3 nitrogen and oxygen atoms in total. The fourth-order valence-electron chi connectivity index (χ4n) is 1.87. The molecule has 0 unspecified atom stereocenters. The van der Waals surface area contributed by atoms with Gasteiger partial charge in [0.15, 0.2) is 0 Å². The highest BCUT2D eigenvalue weighted by atomic mass is 79.9. The Morgan fingerprint density at radius 2 is 2.11 bits per heavy atom. The fourth-order valence-corrected chi connectivity index (χ4v) is 2.35. The third-order valence-corrected chi connectivity index (χ3v) is 3.46. The number of nitrogens with zero attached hydrogens (tertiary/aromatic N) is 2. The second-order valence-corrected chi connectivity index (χ2v) is 5.42. The molecule has 1 N–H and O–H groups in total. The highest BCUT2D eigenvalue weighted by Gasteiger charge is 2.07. The summed E-state index contributed by atoms with van der Waals surface area (Å²) in [6.45, 7) is 6.19. The van der Waals surface area contributed by atoms with Crippen LogP contribution < -0.4 is 5.32 Å². The van der Waals surface area contributed by atoms with Crippen LogP contribution in [0.1, 0.15) is 13.8 Å². The van der Waals surface area contributed by atoms with Crippen LogP contribution in [0.2, 0.25) is 0 Å². The molecule has 1 aromatic heterocycles. The van der Waals surface area contributed by atoms with Gasteiger partial charge in [-0.3, -0.25) is 0 Å². The molecule has 0 saturated carbocycles. The van der Waals surface area contributed by atoms with Gasteiger partial charge in [-0.2, -0.15) is 0 Å². The van der Waals surface area contributed by atoms with E-state index >= 15 is 0 Å². The highest BCUT2D eigenvalue weighted by Crippen LogP contribution is 2.27. The van der Waals surface area contributed by atoms with E-state index < -0.39 is 0 Å². The van der Waals surface area contributed by atoms with Crippen LogP contribution in [0.5, 0.6) is 0 Å². The molecule has 0 aliphatic heterocycles. The van der Waals surface area contributed by atoms with Crippen LogP contribution in [-0.2, 0) is 6.54 Å². The molecular formula is C14H18BrN3. The van der Waals surface area contributed by atoms with Crippen molar-refractivity contribution in [1.29, 1.82) is 0 Å². The van der Waals surface area contributed by atoms with E-state index in [1.807, 2.05) is 24.7 Å². The Labute approximate surface area is 116 Å². The van der Waals surface area contributed by atoms with Crippen molar-refractivity contribution in [3.63, 3.8) is 0 Å². The molecule has 96 valence electrons. The first-order chi connectivity index (χ1) is 8.68. The molecule has 0 fully saturated rings. The molecule has 0 radical (unpaired) electrons. The van der Waals surface area contributed by atoms with Crippen molar-refractivity contribution < 1.29 is 0 Å². The second kappa shape index (κ2) is 6.16. The number of nitrogens with one attached hydrogen (secondary N) is 1. The first-order valence-corrected chi connectivity index (χ1v) is 6.96. The number of hydrogen-bond donors (Lipinski definition) is 1. The van der Waals surface area contributed by atoms with Crippen molar-refractivity contribution >= 4 is 15.9 Å². The Morgan fingerprint density at radius 3 is 2.83 bits per heavy atom. The molecule has 1 heterocycles. The van der Waals surface area contributed by atoms with Crippen LogP contribution in [0.4, 0.5) is 0 Å². The van der Waals surface area contributed by atoms with Gasteiger partial charge in [0.2, 0.25) is 0 Å². The zero-order valence-electron chi connectivity index (χ0n) is 10.7. The topological polar surface area (TPSA) is 29.9 Å². The Hall–Kier alpha value is -1.13. The van der Waals surface area contributed by atoms with Gasteiger partial charge in [-0.1, -0.05) is 48.0 Å². The van der Waals surface area contributed by atoms with Crippen molar-refractivity contribution in [3.05, 3.63) is 41.3 Å². The molecule has 1 aromatic carbocycles. The van der Waals surface area contributed by atoms with Gasteiger partial charge in [-0.25, -0.2) is 4.98 Å². The zero-order valence-corrected chi connectivity index (χ0v) is 12.3. The molecule has 4 heteroatoms. The van der Waals surface area contributed by atoms with Crippen molar-refractivity contribution in [1.82, 2.24) is 14.9 Å². The standard InChI is InChI=1S/C14H18BrN3/c1-11(2)17-7-8-18-10-16-9-14(18)12-5-3-4-6-13(12)15/h3-6,9-11,17H,7-8H2,1-2H3. The first kappa shape index (κ1) is 13.3. The molecule has 2 aromatic rings. The van der Waals surface area contributed by atoms with Gasteiger partial charge in [0.25, 0.3) is 0 Å². The molecular weight excluding hydrogens is 290 g/mol. The normalized spacial score (nSPS) is 11.1.